The second-order valence-corrected chi connectivity index (χ2v) is 5.04. The summed E-state index contributed by atoms with van der Waals surface area (Å²) < 4.78 is 37.6. The topological polar surface area (TPSA) is 80.4 Å². The summed E-state index contributed by atoms with van der Waals surface area (Å²) in [4.78, 5) is 14.0. The third-order valence-corrected chi connectivity index (χ3v) is 3.28. The molecule has 1 N–H and O–H groups in total. The first-order valence-corrected chi connectivity index (χ1v) is 6.85. The van der Waals surface area contributed by atoms with Crippen LogP contribution >= 0.6 is 11.6 Å². The summed E-state index contributed by atoms with van der Waals surface area (Å²) in [7, 11) is 0. The quantitative estimate of drug-likeness (QED) is 0.495. The lowest BCUT2D eigenvalue weighted by Gasteiger charge is -2.09. The molecule has 0 saturated carbocycles. The van der Waals surface area contributed by atoms with Gasteiger partial charge in [-0.1, -0.05) is 23.7 Å². The molecule has 0 spiro atoms. The first kappa shape index (κ1) is 17.7. The highest BCUT2D eigenvalue weighted by Crippen LogP contribution is 2.32. The lowest BCUT2D eigenvalue weighted by molar-refractivity contribution is -0.385. The second-order valence-electron chi connectivity index (χ2n) is 4.64. The normalized spacial score (nSPS) is 12.1. The fraction of sp³-hybridized carbons (Fsp3) is 0.143. The Kier molecular flexibility index (Phi) is 5.03. The number of hydrazone groups is 1. The van der Waals surface area contributed by atoms with E-state index in [9.17, 15) is 23.3 Å². The van der Waals surface area contributed by atoms with Gasteiger partial charge in [-0.05, 0) is 19.1 Å². The summed E-state index contributed by atoms with van der Waals surface area (Å²) in [6, 6.07) is 6.65. The molecule has 1 aromatic carbocycles. The number of nitrogens with one attached hydrogen (secondary N) is 1. The maximum atomic E-state index is 12.5. The van der Waals surface area contributed by atoms with Crippen molar-refractivity contribution in [3.05, 3.63) is 62.8 Å². The van der Waals surface area contributed by atoms with Gasteiger partial charge in [0.25, 0.3) is 5.69 Å². The smallest absolute Gasteiger partial charge is 0.260 e. The van der Waals surface area contributed by atoms with Gasteiger partial charge < -0.3 is 0 Å². The molecule has 1 heterocycles. The second kappa shape index (κ2) is 6.83. The number of nitro benzene ring substituents is 1. The third kappa shape index (κ3) is 3.99. The van der Waals surface area contributed by atoms with Crippen molar-refractivity contribution in [3.8, 4) is 0 Å². The average molecular weight is 359 g/mol. The number of hydrogen-bond donors (Lipinski definition) is 1. The SMILES string of the molecule is C/C(=N/Nc1ncc(C(F)(F)F)cc1Cl)c1ccccc1[N+](=O)[O-]. The minimum Gasteiger partial charge on any atom is -0.260 e. The molecule has 126 valence electrons. The number of aromatic nitrogens is 1. The van der Waals surface area contributed by atoms with E-state index >= 15 is 0 Å². The molecule has 0 saturated heterocycles. The summed E-state index contributed by atoms with van der Waals surface area (Å²) in [5.41, 5.74) is 1.79. The summed E-state index contributed by atoms with van der Waals surface area (Å²) in [6.45, 7) is 1.51. The molecule has 0 aliphatic carbocycles. The van der Waals surface area contributed by atoms with Gasteiger partial charge in [0.2, 0.25) is 0 Å². The van der Waals surface area contributed by atoms with Crippen LogP contribution in [0.15, 0.2) is 41.6 Å². The van der Waals surface area contributed by atoms with E-state index in [1.54, 1.807) is 6.07 Å². The molecule has 1 aromatic heterocycles. The Bertz CT molecular complexity index is 809. The van der Waals surface area contributed by atoms with E-state index in [0.717, 1.165) is 0 Å². The van der Waals surface area contributed by atoms with Crippen LogP contribution in [-0.2, 0) is 6.18 Å². The van der Waals surface area contributed by atoms with Crippen molar-refractivity contribution in [2.24, 2.45) is 5.10 Å². The van der Waals surface area contributed by atoms with Gasteiger partial charge in [0, 0.05) is 12.3 Å². The van der Waals surface area contributed by atoms with Crippen molar-refractivity contribution >= 4 is 28.8 Å². The standard InChI is InChI=1S/C14H10ClF3N4O2/c1-8(10-4-2-3-5-12(10)22(23)24)20-21-13-11(15)6-9(7-19-13)14(16,17)18/h2-7H,1H3,(H,19,21)/b20-8-. The molecule has 2 rings (SSSR count). The number of pyridine rings is 1. The highest BCUT2D eigenvalue weighted by Gasteiger charge is 2.31. The lowest BCUT2D eigenvalue weighted by Crippen LogP contribution is -2.07. The molecular formula is C14H10ClF3N4O2. The minimum absolute atomic E-state index is 0.0948. The van der Waals surface area contributed by atoms with Gasteiger partial charge in [0.15, 0.2) is 5.82 Å². The zero-order valence-corrected chi connectivity index (χ0v) is 12.9. The van der Waals surface area contributed by atoms with Crippen molar-refractivity contribution in [3.63, 3.8) is 0 Å². The van der Waals surface area contributed by atoms with E-state index in [1.165, 1.54) is 25.1 Å². The van der Waals surface area contributed by atoms with Crippen LogP contribution in [-0.4, -0.2) is 15.6 Å². The van der Waals surface area contributed by atoms with E-state index in [-0.39, 0.29) is 27.8 Å². The van der Waals surface area contributed by atoms with Crippen molar-refractivity contribution < 1.29 is 18.1 Å². The molecule has 0 amide bonds. The van der Waals surface area contributed by atoms with Gasteiger partial charge in [-0.3, -0.25) is 15.5 Å². The van der Waals surface area contributed by atoms with E-state index in [0.29, 0.717) is 12.3 Å². The van der Waals surface area contributed by atoms with Crippen molar-refractivity contribution in [1.29, 1.82) is 0 Å². The van der Waals surface area contributed by atoms with Crippen LogP contribution in [0.4, 0.5) is 24.7 Å². The van der Waals surface area contributed by atoms with Gasteiger partial charge in [0.1, 0.15) is 0 Å². The summed E-state index contributed by atoms with van der Waals surface area (Å²) in [5, 5.41) is 14.6. The molecule has 6 nitrogen and oxygen atoms in total. The number of nitro groups is 1. The van der Waals surface area contributed by atoms with Crippen LogP contribution in [0.3, 0.4) is 0 Å². The minimum atomic E-state index is -4.56. The molecule has 0 aliphatic rings. The molecule has 0 bridgehead atoms. The largest absolute Gasteiger partial charge is 0.417 e. The van der Waals surface area contributed by atoms with Crippen LogP contribution < -0.4 is 5.43 Å². The van der Waals surface area contributed by atoms with Gasteiger partial charge in [-0.2, -0.15) is 18.3 Å². The Balaban J connectivity index is 2.27. The average Bonchev–Trinajstić information content (AvgIpc) is 2.52. The number of anilines is 1. The predicted molar refractivity (Wildman–Crippen MR) is 83.2 cm³/mol. The number of alkyl halides is 3. The number of nitrogens with zero attached hydrogens (tertiary/aromatic N) is 3. The van der Waals surface area contributed by atoms with Crippen LogP contribution in [0, 0.1) is 10.1 Å². The molecule has 2 aromatic rings. The maximum absolute atomic E-state index is 12.5. The molecule has 24 heavy (non-hydrogen) atoms. The Morgan fingerprint density at radius 1 is 1.38 bits per heavy atom. The highest BCUT2D eigenvalue weighted by molar-refractivity contribution is 6.33. The molecule has 0 atom stereocenters. The van der Waals surface area contributed by atoms with Crippen LogP contribution in [0.1, 0.15) is 18.1 Å². The number of para-hydroxylation sites is 1. The van der Waals surface area contributed by atoms with E-state index in [2.05, 4.69) is 15.5 Å². The van der Waals surface area contributed by atoms with E-state index < -0.39 is 16.7 Å². The predicted octanol–water partition coefficient (Wildman–Crippen LogP) is 4.50. The van der Waals surface area contributed by atoms with Crippen molar-refractivity contribution in [2.45, 2.75) is 13.1 Å². The van der Waals surface area contributed by atoms with Crippen LogP contribution in [0.5, 0.6) is 0 Å². The summed E-state index contributed by atoms with van der Waals surface area (Å²) in [6.07, 6.45) is -3.94. The monoisotopic (exact) mass is 358 g/mol. The number of halogens is 4. The first-order valence-electron chi connectivity index (χ1n) is 6.47. The van der Waals surface area contributed by atoms with Gasteiger partial charge in [0.05, 0.1) is 26.8 Å². The third-order valence-electron chi connectivity index (χ3n) is 2.99. The Hall–Kier alpha value is -2.68. The Morgan fingerprint density at radius 2 is 2.04 bits per heavy atom. The van der Waals surface area contributed by atoms with Crippen LogP contribution in [0.2, 0.25) is 5.02 Å². The van der Waals surface area contributed by atoms with E-state index in [1.807, 2.05) is 0 Å². The van der Waals surface area contributed by atoms with Gasteiger partial charge in [-0.15, -0.1) is 0 Å². The number of rotatable bonds is 4. The lowest BCUT2D eigenvalue weighted by atomic mass is 10.1. The summed E-state index contributed by atoms with van der Waals surface area (Å²) in [5.74, 6) is -0.0948. The summed E-state index contributed by atoms with van der Waals surface area (Å²) >= 11 is 5.74. The fourth-order valence-corrected chi connectivity index (χ4v) is 2.02. The number of hydrogen-bond acceptors (Lipinski definition) is 5. The molecule has 0 unspecified atom stereocenters. The van der Waals surface area contributed by atoms with E-state index in [4.69, 9.17) is 11.6 Å². The van der Waals surface area contributed by atoms with Crippen molar-refractivity contribution in [1.82, 2.24) is 4.98 Å². The van der Waals surface area contributed by atoms with Crippen molar-refractivity contribution in [2.75, 3.05) is 5.43 Å². The molecule has 0 radical (unpaired) electrons. The molecular weight excluding hydrogens is 349 g/mol. The maximum Gasteiger partial charge on any atom is 0.417 e. The molecule has 0 aliphatic heterocycles. The Morgan fingerprint density at radius 3 is 2.62 bits per heavy atom. The highest BCUT2D eigenvalue weighted by atomic mass is 35.5. The van der Waals surface area contributed by atoms with Gasteiger partial charge >= 0.3 is 6.18 Å². The number of benzene rings is 1. The molecule has 0 fully saturated rings. The first-order chi connectivity index (χ1) is 11.2. The van der Waals surface area contributed by atoms with Gasteiger partial charge in [-0.25, -0.2) is 4.98 Å². The zero-order chi connectivity index (χ0) is 17.9. The van der Waals surface area contributed by atoms with Crippen LogP contribution in [0.25, 0.3) is 0 Å². The Labute approximate surface area is 139 Å². The fourth-order valence-electron chi connectivity index (χ4n) is 1.81. The zero-order valence-electron chi connectivity index (χ0n) is 12.1. The molecule has 10 heteroatoms.